The van der Waals surface area contributed by atoms with Crippen LogP contribution < -0.4 is 4.74 Å². The number of aliphatic hydroxyl groups is 1. The van der Waals surface area contributed by atoms with E-state index in [0.29, 0.717) is 15.8 Å². The van der Waals surface area contributed by atoms with E-state index in [1.807, 2.05) is 30.3 Å². The van der Waals surface area contributed by atoms with E-state index in [4.69, 9.17) is 16.3 Å². The lowest BCUT2D eigenvalue weighted by Crippen LogP contribution is -2.55. The van der Waals surface area contributed by atoms with E-state index in [1.165, 1.54) is 10.4 Å². The van der Waals surface area contributed by atoms with Crippen molar-refractivity contribution in [2.24, 2.45) is 0 Å². The fourth-order valence-electron chi connectivity index (χ4n) is 4.45. The number of rotatable bonds is 3. The first-order valence-electron chi connectivity index (χ1n) is 9.99. The third kappa shape index (κ3) is 3.60. The van der Waals surface area contributed by atoms with E-state index in [2.05, 4.69) is 15.9 Å². The SMILES string of the molecule is CC(C)(C)S(=O)(=O)N1CC(O)C[C@H]1[C@@]1(c2ccccc2)Cc2c(cc(F)c(Cl)c2Br)O1. The number of halogens is 3. The summed E-state index contributed by atoms with van der Waals surface area (Å²) >= 11 is 9.50. The summed E-state index contributed by atoms with van der Waals surface area (Å²) in [4.78, 5) is 0. The normalized spacial score (nSPS) is 26.7. The Labute approximate surface area is 195 Å². The third-order valence-electron chi connectivity index (χ3n) is 6.07. The standard InChI is InChI=1S/C22H24BrClFNO4S/c1-21(2,3)31(28,29)26-12-14(27)9-18(26)22(13-7-5-4-6-8-13)11-15-17(30-22)10-16(25)20(24)19(15)23/h4-8,10,14,18,27H,9,11-12H2,1-3H3/t14?,18-,22-/m0/s1. The van der Waals surface area contributed by atoms with Crippen LogP contribution in [0.25, 0.3) is 0 Å². The molecular weight excluding hydrogens is 509 g/mol. The smallest absolute Gasteiger partial charge is 0.219 e. The number of fused-ring (bicyclic) bond motifs is 1. The Kier molecular flexibility index (Phi) is 5.71. The van der Waals surface area contributed by atoms with Crippen molar-refractivity contribution in [1.29, 1.82) is 0 Å². The minimum atomic E-state index is -3.77. The number of hydrogen-bond acceptors (Lipinski definition) is 4. The van der Waals surface area contributed by atoms with Crippen molar-refractivity contribution in [1.82, 2.24) is 4.31 Å². The van der Waals surface area contributed by atoms with Gasteiger partial charge in [0.2, 0.25) is 10.0 Å². The molecule has 9 heteroatoms. The van der Waals surface area contributed by atoms with Crippen LogP contribution in [0.2, 0.25) is 5.02 Å². The van der Waals surface area contributed by atoms with E-state index in [0.717, 1.165) is 5.56 Å². The lowest BCUT2D eigenvalue weighted by molar-refractivity contribution is 0.0261. The third-order valence-corrected chi connectivity index (χ3v) is 10.1. The molecule has 1 N–H and O–H groups in total. The number of aliphatic hydroxyl groups excluding tert-OH is 1. The Morgan fingerprint density at radius 3 is 2.55 bits per heavy atom. The second-order valence-electron chi connectivity index (χ2n) is 9.09. The summed E-state index contributed by atoms with van der Waals surface area (Å²) in [5.41, 5.74) is 0.284. The van der Waals surface area contributed by atoms with Crippen LogP contribution in [0.3, 0.4) is 0 Å². The van der Waals surface area contributed by atoms with Crippen molar-refractivity contribution in [3.8, 4) is 5.75 Å². The van der Waals surface area contributed by atoms with Gasteiger partial charge in [-0.05, 0) is 48.7 Å². The summed E-state index contributed by atoms with van der Waals surface area (Å²) in [5.74, 6) is -0.311. The molecule has 0 radical (unpaired) electrons. The molecule has 2 aliphatic heterocycles. The van der Waals surface area contributed by atoms with E-state index in [-0.39, 0.29) is 24.4 Å². The van der Waals surface area contributed by atoms with Crippen molar-refractivity contribution >= 4 is 37.6 Å². The van der Waals surface area contributed by atoms with Crippen molar-refractivity contribution in [2.75, 3.05) is 6.54 Å². The van der Waals surface area contributed by atoms with Gasteiger partial charge in [-0.1, -0.05) is 41.9 Å². The second kappa shape index (κ2) is 7.70. The zero-order chi connectivity index (χ0) is 22.8. The van der Waals surface area contributed by atoms with Crippen LogP contribution in [-0.2, 0) is 22.0 Å². The molecular formula is C22H24BrClFNO4S. The molecule has 0 aromatic heterocycles. The Balaban J connectivity index is 1.91. The molecule has 0 aliphatic carbocycles. The summed E-state index contributed by atoms with van der Waals surface area (Å²) in [6.45, 7) is 4.88. The van der Waals surface area contributed by atoms with Gasteiger partial charge in [-0.25, -0.2) is 12.8 Å². The number of nitrogens with zero attached hydrogens (tertiary/aromatic N) is 1. The largest absolute Gasteiger partial charge is 0.480 e. The first kappa shape index (κ1) is 23.0. The highest BCUT2D eigenvalue weighted by Crippen LogP contribution is 2.52. The minimum absolute atomic E-state index is 0.0190. The lowest BCUT2D eigenvalue weighted by Gasteiger charge is -2.41. The Morgan fingerprint density at radius 1 is 1.29 bits per heavy atom. The fraction of sp³-hybridized carbons (Fsp3) is 0.455. The van der Waals surface area contributed by atoms with Crippen molar-refractivity contribution in [3.05, 3.63) is 62.8 Å². The van der Waals surface area contributed by atoms with Gasteiger partial charge in [0.05, 0.1) is 21.9 Å². The van der Waals surface area contributed by atoms with Gasteiger partial charge in [-0.2, -0.15) is 4.31 Å². The quantitative estimate of drug-likeness (QED) is 0.585. The maximum Gasteiger partial charge on any atom is 0.219 e. The van der Waals surface area contributed by atoms with Crippen LogP contribution in [-0.4, -0.2) is 41.3 Å². The van der Waals surface area contributed by atoms with Gasteiger partial charge in [-0.3, -0.25) is 0 Å². The number of ether oxygens (including phenoxy) is 1. The average Bonchev–Trinajstić information content (AvgIpc) is 3.28. The molecule has 1 unspecified atom stereocenters. The van der Waals surface area contributed by atoms with Gasteiger partial charge in [0, 0.05) is 29.1 Å². The van der Waals surface area contributed by atoms with Crippen LogP contribution >= 0.6 is 27.5 Å². The summed E-state index contributed by atoms with van der Waals surface area (Å²) < 4.78 is 48.4. The molecule has 3 atom stereocenters. The van der Waals surface area contributed by atoms with E-state index >= 15 is 0 Å². The van der Waals surface area contributed by atoms with Gasteiger partial charge < -0.3 is 9.84 Å². The molecule has 1 fully saturated rings. The van der Waals surface area contributed by atoms with Crippen LogP contribution in [0.5, 0.6) is 5.75 Å². The van der Waals surface area contributed by atoms with Gasteiger partial charge in [0.1, 0.15) is 11.6 Å². The fourth-order valence-corrected chi connectivity index (χ4v) is 6.80. The first-order valence-corrected chi connectivity index (χ1v) is 12.6. The zero-order valence-corrected chi connectivity index (χ0v) is 20.6. The molecule has 2 aromatic rings. The Morgan fingerprint density at radius 2 is 1.94 bits per heavy atom. The molecule has 2 heterocycles. The first-order chi connectivity index (χ1) is 14.4. The molecule has 0 saturated carbocycles. The van der Waals surface area contributed by atoms with Crippen molar-refractivity contribution in [2.45, 2.75) is 56.1 Å². The molecule has 0 amide bonds. The van der Waals surface area contributed by atoms with Crippen LogP contribution in [0.4, 0.5) is 4.39 Å². The maximum atomic E-state index is 14.4. The number of sulfonamides is 1. The summed E-state index contributed by atoms with van der Waals surface area (Å²) in [7, 11) is -3.77. The monoisotopic (exact) mass is 531 g/mol. The van der Waals surface area contributed by atoms with Crippen LogP contribution in [0, 0.1) is 5.82 Å². The molecule has 0 spiro atoms. The molecule has 2 aromatic carbocycles. The van der Waals surface area contributed by atoms with Crippen molar-refractivity contribution < 1.29 is 22.7 Å². The lowest BCUT2D eigenvalue weighted by atomic mass is 9.81. The second-order valence-corrected chi connectivity index (χ2v) is 12.9. The van der Waals surface area contributed by atoms with Crippen LogP contribution in [0.1, 0.15) is 38.3 Å². The Bertz CT molecular complexity index is 1120. The topological polar surface area (TPSA) is 66.8 Å². The predicted molar refractivity (Wildman–Crippen MR) is 121 cm³/mol. The summed E-state index contributed by atoms with van der Waals surface area (Å²) in [6.07, 6.45) is -0.356. The minimum Gasteiger partial charge on any atom is -0.480 e. The zero-order valence-electron chi connectivity index (χ0n) is 17.4. The molecule has 31 heavy (non-hydrogen) atoms. The van der Waals surface area contributed by atoms with E-state index < -0.39 is 38.3 Å². The van der Waals surface area contributed by atoms with Crippen molar-refractivity contribution in [3.63, 3.8) is 0 Å². The molecule has 5 nitrogen and oxygen atoms in total. The number of hydrogen-bond donors (Lipinski definition) is 1. The van der Waals surface area contributed by atoms with Gasteiger partial charge in [-0.15, -0.1) is 0 Å². The predicted octanol–water partition coefficient (Wildman–Crippen LogP) is 4.64. The maximum absolute atomic E-state index is 14.4. The number of benzene rings is 2. The molecule has 2 aliphatic rings. The summed E-state index contributed by atoms with van der Waals surface area (Å²) in [5, 5.41) is 10.5. The van der Waals surface area contributed by atoms with Gasteiger partial charge in [0.25, 0.3) is 0 Å². The van der Waals surface area contributed by atoms with Crippen LogP contribution in [0.15, 0.2) is 40.9 Å². The van der Waals surface area contributed by atoms with Gasteiger partial charge >= 0.3 is 0 Å². The van der Waals surface area contributed by atoms with E-state index in [1.54, 1.807) is 20.8 Å². The number of β-amino-alcohol motifs (C(OH)–C–C–N with tert-alkyl or cyclic N) is 1. The molecule has 0 bridgehead atoms. The molecule has 168 valence electrons. The highest BCUT2D eigenvalue weighted by Gasteiger charge is 2.57. The summed E-state index contributed by atoms with van der Waals surface area (Å²) in [6, 6.07) is 9.84. The van der Waals surface area contributed by atoms with E-state index in [9.17, 15) is 17.9 Å². The molecule has 1 saturated heterocycles. The Hall–Kier alpha value is -1.19. The molecule has 4 rings (SSSR count). The highest BCUT2D eigenvalue weighted by molar-refractivity contribution is 9.10. The van der Waals surface area contributed by atoms with Gasteiger partial charge in [0.15, 0.2) is 5.60 Å². The highest BCUT2D eigenvalue weighted by atomic mass is 79.9. The average molecular weight is 533 g/mol.